The molecule has 0 spiro atoms. The number of halogens is 1. The second-order valence-electron chi connectivity index (χ2n) is 6.78. The Kier molecular flexibility index (Phi) is 11.1. The van der Waals surface area contributed by atoms with Crippen molar-refractivity contribution in [2.45, 2.75) is 13.5 Å². The molecule has 9 heteroatoms. The van der Waals surface area contributed by atoms with E-state index in [0.717, 1.165) is 23.6 Å². The van der Waals surface area contributed by atoms with Gasteiger partial charge >= 0.3 is 0 Å². The number of nitrogens with one attached hydrogen (secondary N) is 3. The molecule has 3 N–H and O–H groups in total. The van der Waals surface area contributed by atoms with Crippen molar-refractivity contribution in [2.24, 2.45) is 4.99 Å². The van der Waals surface area contributed by atoms with Gasteiger partial charge in [-0.1, -0.05) is 12.1 Å². The average Bonchev–Trinajstić information content (AvgIpc) is 3.36. The Labute approximate surface area is 210 Å². The first kappa shape index (κ1) is 26.0. The van der Waals surface area contributed by atoms with Crippen LogP contribution >= 0.6 is 24.0 Å². The highest BCUT2D eigenvalue weighted by Gasteiger charge is 2.08. The molecular formula is C24H29IN4O4. The van der Waals surface area contributed by atoms with Gasteiger partial charge in [0, 0.05) is 12.2 Å². The SMILES string of the molecule is CCNC(=NCc1cccc(NC(=O)c2ccco2)c1)NCCOc1ccc(OC)cc1.I. The molecule has 0 unspecified atom stereocenters. The number of carbonyl (C=O) groups is 1. The number of amides is 1. The van der Waals surface area contributed by atoms with Gasteiger partial charge in [0.15, 0.2) is 11.7 Å². The Hall–Kier alpha value is -3.21. The molecule has 33 heavy (non-hydrogen) atoms. The van der Waals surface area contributed by atoms with Gasteiger partial charge in [-0.3, -0.25) is 4.79 Å². The molecule has 0 radical (unpaired) electrons. The quantitative estimate of drug-likeness (QED) is 0.147. The van der Waals surface area contributed by atoms with Crippen LogP contribution in [0.3, 0.4) is 0 Å². The smallest absolute Gasteiger partial charge is 0.291 e. The molecule has 1 aromatic heterocycles. The molecular weight excluding hydrogens is 535 g/mol. The zero-order valence-corrected chi connectivity index (χ0v) is 21.0. The minimum Gasteiger partial charge on any atom is -0.497 e. The molecule has 1 heterocycles. The average molecular weight is 564 g/mol. The van der Waals surface area contributed by atoms with Gasteiger partial charge in [0.1, 0.15) is 18.1 Å². The van der Waals surface area contributed by atoms with Crippen molar-refractivity contribution in [2.75, 3.05) is 32.1 Å². The molecule has 3 rings (SSSR count). The molecule has 0 aliphatic rings. The zero-order valence-electron chi connectivity index (χ0n) is 18.7. The van der Waals surface area contributed by atoms with Crippen LogP contribution in [0.25, 0.3) is 0 Å². The van der Waals surface area contributed by atoms with Gasteiger partial charge in [-0.15, -0.1) is 24.0 Å². The number of benzene rings is 2. The minimum atomic E-state index is -0.289. The Morgan fingerprint density at radius 2 is 1.82 bits per heavy atom. The fourth-order valence-electron chi connectivity index (χ4n) is 2.87. The van der Waals surface area contributed by atoms with Crippen molar-refractivity contribution >= 4 is 41.5 Å². The number of guanidine groups is 1. The minimum absolute atomic E-state index is 0. The Bertz CT molecular complexity index is 1010. The van der Waals surface area contributed by atoms with E-state index in [1.54, 1.807) is 19.2 Å². The fourth-order valence-corrected chi connectivity index (χ4v) is 2.87. The van der Waals surface area contributed by atoms with Gasteiger partial charge < -0.3 is 29.8 Å². The van der Waals surface area contributed by atoms with Crippen LogP contribution < -0.4 is 25.4 Å². The van der Waals surface area contributed by atoms with E-state index >= 15 is 0 Å². The Balaban J connectivity index is 0.00000385. The maximum atomic E-state index is 12.1. The van der Waals surface area contributed by atoms with Crippen LogP contribution in [0.5, 0.6) is 11.5 Å². The number of nitrogens with zero attached hydrogens (tertiary/aromatic N) is 1. The molecule has 0 atom stereocenters. The summed E-state index contributed by atoms with van der Waals surface area (Å²) in [6.45, 7) is 4.29. The molecule has 0 fully saturated rings. The third-order valence-corrected chi connectivity index (χ3v) is 4.42. The standard InChI is InChI=1S/C24H28N4O4.HI/c1-3-25-24(26-13-15-31-21-11-9-20(30-2)10-12-21)27-17-18-6-4-7-19(16-18)28-23(29)22-8-5-14-32-22;/h4-12,14,16H,3,13,15,17H2,1-2H3,(H,28,29)(H2,25,26,27);1H. The van der Waals surface area contributed by atoms with E-state index < -0.39 is 0 Å². The summed E-state index contributed by atoms with van der Waals surface area (Å²) in [4.78, 5) is 16.8. The Morgan fingerprint density at radius 3 is 2.52 bits per heavy atom. The normalized spacial score (nSPS) is 10.7. The highest BCUT2D eigenvalue weighted by Crippen LogP contribution is 2.16. The third kappa shape index (κ3) is 8.68. The van der Waals surface area contributed by atoms with Crippen LogP contribution in [0, 0.1) is 0 Å². The van der Waals surface area contributed by atoms with E-state index in [1.165, 1.54) is 6.26 Å². The highest BCUT2D eigenvalue weighted by molar-refractivity contribution is 14.0. The number of ether oxygens (including phenoxy) is 2. The van der Waals surface area contributed by atoms with Crippen LogP contribution in [0.4, 0.5) is 5.69 Å². The summed E-state index contributed by atoms with van der Waals surface area (Å²) in [6, 6.07) is 18.3. The van der Waals surface area contributed by atoms with Gasteiger partial charge in [0.2, 0.25) is 0 Å². The lowest BCUT2D eigenvalue weighted by Gasteiger charge is -2.12. The number of rotatable bonds is 10. The lowest BCUT2D eigenvalue weighted by Crippen LogP contribution is -2.39. The molecule has 8 nitrogen and oxygen atoms in total. The second-order valence-corrected chi connectivity index (χ2v) is 6.78. The van der Waals surface area contributed by atoms with Crippen molar-refractivity contribution in [3.05, 3.63) is 78.3 Å². The number of anilines is 1. The van der Waals surface area contributed by atoms with Crippen LogP contribution in [0.15, 0.2) is 76.3 Å². The molecule has 0 aliphatic heterocycles. The molecule has 3 aromatic rings. The van der Waals surface area contributed by atoms with Crippen molar-refractivity contribution in [1.82, 2.24) is 10.6 Å². The predicted molar refractivity (Wildman–Crippen MR) is 140 cm³/mol. The van der Waals surface area contributed by atoms with Crippen LogP contribution in [0.1, 0.15) is 23.0 Å². The van der Waals surface area contributed by atoms with E-state index in [2.05, 4.69) is 20.9 Å². The maximum Gasteiger partial charge on any atom is 0.291 e. The summed E-state index contributed by atoms with van der Waals surface area (Å²) in [5.41, 5.74) is 1.65. The molecule has 0 bridgehead atoms. The van der Waals surface area contributed by atoms with Gasteiger partial charge in [-0.2, -0.15) is 0 Å². The predicted octanol–water partition coefficient (Wildman–Crippen LogP) is 4.29. The van der Waals surface area contributed by atoms with Crippen molar-refractivity contribution < 1.29 is 18.7 Å². The summed E-state index contributed by atoms with van der Waals surface area (Å²) in [6.07, 6.45) is 1.47. The van der Waals surface area contributed by atoms with Gasteiger partial charge in [-0.05, 0) is 61.0 Å². The van der Waals surface area contributed by atoms with E-state index in [4.69, 9.17) is 13.9 Å². The van der Waals surface area contributed by atoms with Crippen molar-refractivity contribution in [3.63, 3.8) is 0 Å². The summed E-state index contributed by atoms with van der Waals surface area (Å²) in [7, 11) is 1.63. The summed E-state index contributed by atoms with van der Waals surface area (Å²) in [5.74, 6) is 2.24. The van der Waals surface area contributed by atoms with Crippen LogP contribution in [-0.4, -0.2) is 38.7 Å². The first-order valence-electron chi connectivity index (χ1n) is 10.4. The molecule has 0 aliphatic carbocycles. The summed E-state index contributed by atoms with van der Waals surface area (Å²) < 4.78 is 16.0. The number of methoxy groups -OCH3 is 1. The van der Waals surface area contributed by atoms with Crippen LogP contribution in [-0.2, 0) is 6.54 Å². The summed E-state index contributed by atoms with van der Waals surface area (Å²) in [5, 5.41) is 9.30. The number of hydrogen-bond acceptors (Lipinski definition) is 5. The van der Waals surface area contributed by atoms with Crippen molar-refractivity contribution in [1.29, 1.82) is 0 Å². The molecule has 0 saturated carbocycles. The lowest BCUT2D eigenvalue weighted by atomic mass is 10.2. The van der Waals surface area contributed by atoms with E-state index in [9.17, 15) is 4.79 Å². The van der Waals surface area contributed by atoms with Gasteiger partial charge in [0.25, 0.3) is 5.91 Å². The maximum absolute atomic E-state index is 12.1. The molecule has 1 amide bonds. The van der Waals surface area contributed by atoms with Crippen molar-refractivity contribution in [3.8, 4) is 11.5 Å². The third-order valence-electron chi connectivity index (χ3n) is 4.42. The molecule has 0 saturated heterocycles. The lowest BCUT2D eigenvalue weighted by molar-refractivity contribution is 0.0996. The number of aliphatic imine (C=N–C) groups is 1. The number of furan rings is 1. The van der Waals surface area contributed by atoms with E-state index in [-0.39, 0.29) is 35.6 Å². The first-order valence-corrected chi connectivity index (χ1v) is 10.4. The fraction of sp³-hybridized carbons (Fsp3) is 0.250. The monoisotopic (exact) mass is 564 g/mol. The molecule has 2 aromatic carbocycles. The van der Waals surface area contributed by atoms with Gasteiger partial charge in [-0.25, -0.2) is 4.99 Å². The van der Waals surface area contributed by atoms with Gasteiger partial charge in [0.05, 0.1) is 26.5 Å². The second kappa shape index (κ2) is 14.0. The van der Waals surface area contributed by atoms with E-state index in [0.29, 0.717) is 31.3 Å². The number of carbonyl (C=O) groups excluding carboxylic acids is 1. The van der Waals surface area contributed by atoms with Crippen LogP contribution in [0.2, 0.25) is 0 Å². The largest absolute Gasteiger partial charge is 0.497 e. The zero-order chi connectivity index (χ0) is 22.6. The number of hydrogen-bond donors (Lipinski definition) is 3. The first-order chi connectivity index (χ1) is 15.7. The Morgan fingerprint density at radius 1 is 1.03 bits per heavy atom. The highest BCUT2D eigenvalue weighted by atomic mass is 127. The van der Waals surface area contributed by atoms with E-state index in [1.807, 2.05) is 55.5 Å². The topological polar surface area (TPSA) is 97.1 Å². The summed E-state index contributed by atoms with van der Waals surface area (Å²) >= 11 is 0. The molecule has 176 valence electrons.